The van der Waals surface area contributed by atoms with Crippen LogP contribution in [0.5, 0.6) is 0 Å². The van der Waals surface area contributed by atoms with Crippen molar-refractivity contribution in [3.63, 3.8) is 0 Å². The van der Waals surface area contributed by atoms with Crippen molar-refractivity contribution in [1.29, 1.82) is 0 Å². The molecule has 0 aromatic heterocycles. The summed E-state index contributed by atoms with van der Waals surface area (Å²) in [4.78, 5) is 9.41. The van der Waals surface area contributed by atoms with Crippen molar-refractivity contribution in [1.82, 2.24) is 15.1 Å². The van der Waals surface area contributed by atoms with E-state index in [1.165, 1.54) is 5.75 Å². The minimum absolute atomic E-state index is 0. The van der Waals surface area contributed by atoms with Gasteiger partial charge in [0.25, 0.3) is 0 Å². The predicted octanol–water partition coefficient (Wildman–Crippen LogP) is 2.12. The van der Waals surface area contributed by atoms with Crippen LogP contribution in [0.3, 0.4) is 0 Å². The Labute approximate surface area is 163 Å². The van der Waals surface area contributed by atoms with Crippen LogP contribution in [0.1, 0.15) is 27.7 Å². The molecule has 0 aliphatic carbocycles. The Bertz CT molecular complexity index is 394. The van der Waals surface area contributed by atoms with Crippen LogP contribution in [0.15, 0.2) is 4.99 Å². The van der Waals surface area contributed by atoms with E-state index in [0.717, 1.165) is 45.4 Å². The summed E-state index contributed by atoms with van der Waals surface area (Å²) in [7, 11) is 1.89. The van der Waals surface area contributed by atoms with E-state index < -0.39 is 0 Å². The zero-order valence-electron chi connectivity index (χ0n) is 15.2. The third kappa shape index (κ3) is 6.25. The second kappa shape index (κ2) is 9.68. The molecule has 2 rings (SSSR count). The molecule has 2 aliphatic rings. The van der Waals surface area contributed by atoms with E-state index in [9.17, 15) is 0 Å². The third-order valence-corrected chi connectivity index (χ3v) is 5.78. The molecule has 136 valence electrons. The van der Waals surface area contributed by atoms with Crippen molar-refractivity contribution >= 4 is 41.7 Å². The fourth-order valence-corrected chi connectivity index (χ4v) is 4.39. The van der Waals surface area contributed by atoms with E-state index in [2.05, 4.69) is 59.6 Å². The number of nitrogens with one attached hydrogen (secondary N) is 1. The van der Waals surface area contributed by atoms with E-state index in [0.29, 0.717) is 16.8 Å². The highest BCUT2D eigenvalue weighted by Gasteiger charge is 2.29. The highest BCUT2D eigenvalue weighted by atomic mass is 127. The summed E-state index contributed by atoms with van der Waals surface area (Å²) >= 11 is 2.05. The maximum atomic E-state index is 5.53. The monoisotopic (exact) mass is 456 g/mol. The average Bonchev–Trinajstić information content (AvgIpc) is 2.47. The molecule has 2 unspecified atom stereocenters. The number of ether oxygens (including phenoxy) is 1. The molecule has 0 radical (unpaired) electrons. The summed E-state index contributed by atoms with van der Waals surface area (Å²) in [6.45, 7) is 14.9. The molecule has 7 heteroatoms. The van der Waals surface area contributed by atoms with Gasteiger partial charge in [0.15, 0.2) is 5.96 Å². The van der Waals surface area contributed by atoms with Gasteiger partial charge in [0.2, 0.25) is 0 Å². The molecule has 0 saturated carbocycles. The molecule has 2 fully saturated rings. The van der Waals surface area contributed by atoms with Crippen molar-refractivity contribution in [2.75, 3.05) is 52.2 Å². The Morgan fingerprint density at radius 1 is 1.43 bits per heavy atom. The fraction of sp³-hybridized carbons (Fsp3) is 0.938. The zero-order valence-corrected chi connectivity index (χ0v) is 18.3. The van der Waals surface area contributed by atoms with Gasteiger partial charge in [0, 0.05) is 55.8 Å². The summed E-state index contributed by atoms with van der Waals surface area (Å²) in [5.74, 6) is 2.21. The fourth-order valence-electron chi connectivity index (χ4n) is 3.28. The number of guanidine groups is 1. The first-order valence-electron chi connectivity index (χ1n) is 8.36. The molecule has 5 nitrogen and oxygen atoms in total. The molecule has 0 aromatic carbocycles. The molecule has 2 atom stereocenters. The van der Waals surface area contributed by atoms with E-state index in [4.69, 9.17) is 4.74 Å². The molecule has 1 N–H and O–H groups in total. The van der Waals surface area contributed by atoms with Gasteiger partial charge in [-0.05, 0) is 27.7 Å². The number of nitrogens with zero attached hydrogens (tertiary/aromatic N) is 3. The molecule has 23 heavy (non-hydrogen) atoms. The average molecular weight is 456 g/mol. The van der Waals surface area contributed by atoms with Crippen LogP contribution in [0.25, 0.3) is 0 Å². The summed E-state index contributed by atoms with van der Waals surface area (Å²) < 4.78 is 5.84. The van der Waals surface area contributed by atoms with Crippen LogP contribution < -0.4 is 5.32 Å². The Balaban J connectivity index is 0.00000264. The molecule has 0 amide bonds. The number of halogens is 1. The highest BCUT2D eigenvalue weighted by Crippen LogP contribution is 2.29. The normalized spacial score (nSPS) is 27.3. The molecule has 0 spiro atoms. The van der Waals surface area contributed by atoms with Crippen LogP contribution in [-0.2, 0) is 4.74 Å². The van der Waals surface area contributed by atoms with Gasteiger partial charge in [-0.3, -0.25) is 9.89 Å². The van der Waals surface area contributed by atoms with Crippen LogP contribution >= 0.6 is 35.7 Å². The number of aliphatic imine (C=N–C) groups is 1. The van der Waals surface area contributed by atoms with Crippen LogP contribution in [0.2, 0.25) is 0 Å². The minimum Gasteiger partial charge on any atom is -0.379 e. The van der Waals surface area contributed by atoms with Gasteiger partial charge in [-0.2, -0.15) is 11.8 Å². The first-order valence-corrected chi connectivity index (χ1v) is 9.34. The van der Waals surface area contributed by atoms with Gasteiger partial charge >= 0.3 is 0 Å². The summed E-state index contributed by atoms with van der Waals surface area (Å²) in [5, 5.41) is 3.58. The molecule has 0 bridgehead atoms. The quantitative estimate of drug-likeness (QED) is 0.400. The lowest BCUT2D eigenvalue weighted by atomic mass is 10.2. The summed E-state index contributed by atoms with van der Waals surface area (Å²) in [6.07, 6.45) is 0. The molecule has 2 saturated heterocycles. The molecule has 2 heterocycles. The van der Waals surface area contributed by atoms with Crippen molar-refractivity contribution in [3.05, 3.63) is 0 Å². The minimum atomic E-state index is 0. The largest absolute Gasteiger partial charge is 0.379 e. The second-order valence-electron chi connectivity index (χ2n) is 6.97. The third-order valence-electron chi connectivity index (χ3n) is 4.48. The van der Waals surface area contributed by atoms with Crippen LogP contribution in [-0.4, -0.2) is 84.8 Å². The van der Waals surface area contributed by atoms with Gasteiger partial charge in [-0.15, -0.1) is 24.0 Å². The predicted molar refractivity (Wildman–Crippen MR) is 111 cm³/mol. The first kappa shape index (κ1) is 21.3. The van der Waals surface area contributed by atoms with Gasteiger partial charge in [0.1, 0.15) is 0 Å². The summed E-state index contributed by atoms with van der Waals surface area (Å²) in [6, 6.07) is 0.987. The summed E-state index contributed by atoms with van der Waals surface area (Å²) in [5.41, 5.74) is 0. The Morgan fingerprint density at radius 3 is 2.78 bits per heavy atom. The first-order chi connectivity index (χ1) is 10.4. The Morgan fingerprint density at radius 2 is 2.17 bits per heavy atom. The highest BCUT2D eigenvalue weighted by molar-refractivity contribution is 14.0. The van der Waals surface area contributed by atoms with Crippen LogP contribution in [0.4, 0.5) is 0 Å². The maximum Gasteiger partial charge on any atom is 0.193 e. The van der Waals surface area contributed by atoms with Gasteiger partial charge in [-0.25, -0.2) is 0 Å². The lowest BCUT2D eigenvalue weighted by Crippen LogP contribution is -2.55. The van der Waals surface area contributed by atoms with E-state index in [1.807, 2.05) is 7.05 Å². The van der Waals surface area contributed by atoms with Crippen molar-refractivity contribution in [2.24, 2.45) is 4.99 Å². The molecule has 2 aliphatic heterocycles. The lowest BCUT2D eigenvalue weighted by Gasteiger charge is -2.41. The Hall–Kier alpha value is 0.270. The number of rotatable bonds is 3. The maximum absolute atomic E-state index is 5.53. The molecular weight excluding hydrogens is 423 g/mol. The Kier molecular flexibility index (Phi) is 8.97. The zero-order chi connectivity index (χ0) is 16.2. The van der Waals surface area contributed by atoms with Crippen LogP contribution in [0, 0.1) is 0 Å². The number of hydrogen-bond acceptors (Lipinski definition) is 4. The molecular formula is C16H33IN4OS. The smallest absolute Gasteiger partial charge is 0.193 e. The molecule has 0 aromatic rings. The van der Waals surface area contributed by atoms with Crippen molar-refractivity contribution in [2.45, 2.75) is 44.5 Å². The van der Waals surface area contributed by atoms with Gasteiger partial charge in [-0.1, -0.05) is 0 Å². The van der Waals surface area contributed by atoms with E-state index in [-0.39, 0.29) is 24.0 Å². The SMILES string of the molecule is CN=C(NCC(C)N1CCOCC1C)N1CCSC(C)(C)C1.I. The number of morpholine rings is 1. The van der Waals surface area contributed by atoms with E-state index >= 15 is 0 Å². The second-order valence-corrected chi connectivity index (χ2v) is 8.77. The van der Waals surface area contributed by atoms with E-state index in [1.54, 1.807) is 0 Å². The number of hydrogen-bond donors (Lipinski definition) is 1. The topological polar surface area (TPSA) is 40.1 Å². The lowest BCUT2D eigenvalue weighted by molar-refractivity contribution is -0.0175. The van der Waals surface area contributed by atoms with Gasteiger partial charge < -0.3 is 15.0 Å². The standard InChI is InChI=1S/C16H32N4OS.HI/c1-13(20-6-8-21-11-14(20)2)10-18-15(17-5)19-7-9-22-16(3,4)12-19;/h13-14H,6-12H2,1-5H3,(H,17,18);1H. The van der Waals surface area contributed by atoms with Gasteiger partial charge in [0.05, 0.1) is 13.2 Å². The van der Waals surface area contributed by atoms with Crippen molar-refractivity contribution < 1.29 is 4.74 Å². The van der Waals surface area contributed by atoms with Crippen molar-refractivity contribution in [3.8, 4) is 0 Å². The number of thioether (sulfide) groups is 1.